The zero-order chi connectivity index (χ0) is 48.2. The molecule has 5 heterocycles. The van der Waals surface area contributed by atoms with Gasteiger partial charge in [-0.2, -0.15) is 25.3 Å². The van der Waals surface area contributed by atoms with Crippen molar-refractivity contribution in [3.63, 3.8) is 0 Å². The Balaban J connectivity index is 1.68. The summed E-state index contributed by atoms with van der Waals surface area (Å²) < 4.78 is 0. The molecule has 0 atom stereocenters. The van der Waals surface area contributed by atoms with Gasteiger partial charge < -0.3 is 9.97 Å². The number of hydrogen-bond acceptors (Lipinski definition) is 4. The van der Waals surface area contributed by atoms with Crippen molar-refractivity contribution >= 4 is 69.6 Å². The summed E-state index contributed by atoms with van der Waals surface area (Å²) in [5.74, 6) is 1.42. The van der Waals surface area contributed by atoms with Crippen molar-refractivity contribution in [2.24, 2.45) is 0 Å². The molecular formula is C62H82N4S2. The highest BCUT2D eigenvalue weighted by Gasteiger charge is 2.28. The molecule has 0 saturated carbocycles. The van der Waals surface area contributed by atoms with Crippen molar-refractivity contribution < 1.29 is 0 Å². The first-order chi connectivity index (χ1) is 33.2. The molecule has 0 amide bonds. The van der Waals surface area contributed by atoms with Crippen LogP contribution in [-0.4, -0.2) is 19.9 Å². The van der Waals surface area contributed by atoms with Crippen LogP contribution in [0, 0.1) is 13.8 Å². The van der Waals surface area contributed by atoms with E-state index in [0.29, 0.717) is 11.5 Å². The van der Waals surface area contributed by atoms with Gasteiger partial charge in [-0.15, -0.1) is 0 Å². The van der Waals surface area contributed by atoms with Crippen molar-refractivity contribution in [2.45, 2.75) is 195 Å². The molecule has 6 heteroatoms. The van der Waals surface area contributed by atoms with Gasteiger partial charge in [-0.25, -0.2) is 9.97 Å². The number of aromatic amines is 2. The van der Waals surface area contributed by atoms with Gasteiger partial charge in [-0.3, -0.25) is 0 Å². The summed E-state index contributed by atoms with van der Waals surface area (Å²) in [6.45, 7) is 18.7. The normalized spacial score (nSPS) is 12.9. The molecule has 0 spiro atoms. The Hall–Kier alpha value is -4.26. The van der Waals surface area contributed by atoms with Gasteiger partial charge in [-0.05, 0) is 158 Å². The van der Waals surface area contributed by atoms with Crippen molar-refractivity contribution in [3.05, 3.63) is 117 Å². The topological polar surface area (TPSA) is 57.4 Å². The third-order valence-corrected chi connectivity index (χ3v) is 15.8. The van der Waals surface area contributed by atoms with Crippen LogP contribution >= 0.6 is 25.3 Å². The number of aryl methyl sites for hydroxylation is 4. The Labute approximate surface area is 421 Å². The average molecular weight is 947 g/mol. The van der Waals surface area contributed by atoms with E-state index in [4.69, 9.17) is 9.97 Å². The van der Waals surface area contributed by atoms with E-state index < -0.39 is 0 Å². The van der Waals surface area contributed by atoms with E-state index in [1.54, 1.807) is 0 Å². The average Bonchev–Trinajstić information content (AvgIpc) is 4.03. The lowest BCUT2D eigenvalue weighted by molar-refractivity contribution is 0.667. The fourth-order valence-electron chi connectivity index (χ4n) is 10.8. The van der Waals surface area contributed by atoms with Gasteiger partial charge in [0.05, 0.1) is 33.8 Å². The molecule has 2 aromatic carbocycles. The van der Waals surface area contributed by atoms with Crippen LogP contribution in [0.15, 0.2) is 60.7 Å². The second-order valence-electron chi connectivity index (χ2n) is 19.9. The summed E-state index contributed by atoms with van der Waals surface area (Å²) in [4.78, 5) is 20.0. The predicted octanol–water partition coefficient (Wildman–Crippen LogP) is 19.2. The number of allylic oxidation sites excluding steroid dienone is 4. The molecule has 4 nitrogen and oxygen atoms in total. The van der Waals surface area contributed by atoms with Crippen LogP contribution in [0.1, 0.15) is 213 Å². The van der Waals surface area contributed by atoms with Crippen LogP contribution in [0.3, 0.4) is 0 Å². The summed E-state index contributed by atoms with van der Waals surface area (Å²) in [6.07, 6.45) is 23.5. The maximum Gasteiger partial charge on any atom is 0.0769 e. The largest absolute Gasteiger partial charge is 0.354 e. The molecule has 2 aliphatic heterocycles. The number of rotatable bonds is 24. The lowest BCUT2D eigenvalue weighted by Gasteiger charge is -2.11. The smallest absolute Gasteiger partial charge is 0.0769 e. The zero-order valence-electron chi connectivity index (χ0n) is 43.1. The Morgan fingerprint density at radius 3 is 1.13 bits per heavy atom. The second-order valence-corrected chi connectivity index (χ2v) is 20.6. The van der Waals surface area contributed by atoms with E-state index in [1.165, 1.54) is 171 Å². The van der Waals surface area contributed by atoms with E-state index in [-0.39, 0.29) is 0 Å². The number of thiol groups is 2. The SMILES string of the molecule is CCCCCCC1=C(C)c2nc1cc1[nH]c(c(C)c1CCCCCC)c(-c1ccc(CS)cc1)c1[nH]c(cc3nc(c2-c2ccc(CS)cc2)C(C)=C3CCCCCC)c(CCCCCC)c1C. The number of H-pyrrole nitrogens is 2. The first-order valence-corrected chi connectivity index (χ1v) is 28.0. The van der Waals surface area contributed by atoms with Crippen LogP contribution in [0.4, 0.5) is 0 Å². The minimum absolute atomic E-state index is 0.704. The molecule has 0 aliphatic carbocycles. The molecule has 0 fully saturated rings. The van der Waals surface area contributed by atoms with E-state index in [0.717, 1.165) is 79.7 Å². The van der Waals surface area contributed by atoms with Crippen molar-refractivity contribution in [3.8, 4) is 22.3 Å². The molecule has 0 saturated heterocycles. The number of nitrogens with zero attached hydrogens (tertiary/aromatic N) is 2. The molecule has 68 heavy (non-hydrogen) atoms. The zero-order valence-corrected chi connectivity index (χ0v) is 44.9. The van der Waals surface area contributed by atoms with E-state index in [2.05, 4.69) is 151 Å². The lowest BCUT2D eigenvalue weighted by Crippen LogP contribution is -1.93. The third-order valence-electron chi connectivity index (χ3n) is 15.0. The van der Waals surface area contributed by atoms with Gasteiger partial charge in [-0.1, -0.05) is 153 Å². The van der Waals surface area contributed by atoms with Gasteiger partial charge in [0.2, 0.25) is 0 Å². The number of unbranched alkanes of at least 4 members (excludes halogenated alkanes) is 12. The first kappa shape index (κ1) is 51.6. The molecule has 5 aromatic rings. The minimum Gasteiger partial charge on any atom is -0.354 e. The fourth-order valence-corrected chi connectivity index (χ4v) is 11.2. The number of hydrogen-bond donors (Lipinski definition) is 4. The Kier molecular flexibility index (Phi) is 19.0. The van der Waals surface area contributed by atoms with Gasteiger partial charge >= 0.3 is 0 Å². The summed E-state index contributed by atoms with van der Waals surface area (Å²) in [7, 11) is 0. The minimum atomic E-state index is 0.704. The van der Waals surface area contributed by atoms with Crippen LogP contribution in [0.25, 0.3) is 66.6 Å². The molecule has 2 N–H and O–H groups in total. The van der Waals surface area contributed by atoms with E-state index >= 15 is 0 Å². The molecule has 8 bridgehead atoms. The number of fused-ring (bicyclic) bond motifs is 8. The number of benzene rings is 2. The van der Waals surface area contributed by atoms with E-state index in [1.807, 2.05) is 0 Å². The van der Waals surface area contributed by atoms with Crippen LogP contribution in [0.5, 0.6) is 0 Å². The number of aromatic nitrogens is 4. The Bertz CT molecular complexity index is 2590. The van der Waals surface area contributed by atoms with Crippen molar-refractivity contribution in [1.82, 2.24) is 19.9 Å². The predicted molar refractivity (Wildman–Crippen MR) is 305 cm³/mol. The summed E-state index contributed by atoms with van der Waals surface area (Å²) >= 11 is 9.35. The van der Waals surface area contributed by atoms with Crippen LogP contribution < -0.4 is 0 Å². The van der Waals surface area contributed by atoms with Gasteiger partial charge in [0.15, 0.2) is 0 Å². The number of nitrogens with one attached hydrogen (secondary N) is 2. The summed E-state index contributed by atoms with van der Waals surface area (Å²) in [6, 6.07) is 23.1. The maximum absolute atomic E-state index is 5.83. The molecule has 0 radical (unpaired) electrons. The molecule has 7 rings (SSSR count). The molecular weight excluding hydrogens is 865 g/mol. The lowest BCUT2D eigenvalue weighted by atomic mass is 9.91. The van der Waals surface area contributed by atoms with E-state index in [9.17, 15) is 0 Å². The van der Waals surface area contributed by atoms with Crippen molar-refractivity contribution in [2.75, 3.05) is 0 Å². The molecule has 0 unspecified atom stereocenters. The van der Waals surface area contributed by atoms with Gasteiger partial charge in [0, 0.05) is 33.7 Å². The van der Waals surface area contributed by atoms with Crippen molar-refractivity contribution in [1.29, 1.82) is 0 Å². The third kappa shape index (κ3) is 11.7. The standard InChI is InChI=1S/C62H82N4S2/c1-9-13-17-21-25-49-41(5)59-57(47-33-29-45(39-67)30-34-47)60-43(7)51(27-23-19-15-11-3)55(65-60)38-56-52(28-24-20-16-12-4)44(8)62(66-56)58(48-35-31-46(40-68)32-36-48)61-42(6)50(26-22-18-14-10-2)54(64-61)37-53(49)63-59/h29-38,63,65,67-68H,9-28,39-40H2,1-8H3. The molecule has 2 aliphatic rings. The van der Waals surface area contributed by atoms with Gasteiger partial charge in [0.1, 0.15) is 0 Å². The molecule has 362 valence electrons. The molecule has 3 aromatic heterocycles. The Morgan fingerprint density at radius 2 is 0.779 bits per heavy atom. The monoisotopic (exact) mass is 947 g/mol. The van der Waals surface area contributed by atoms with Crippen LogP contribution in [-0.2, 0) is 24.3 Å². The summed E-state index contributed by atoms with van der Waals surface area (Å²) in [5, 5.41) is 0. The maximum atomic E-state index is 5.83. The Morgan fingerprint density at radius 1 is 0.426 bits per heavy atom. The highest BCUT2D eigenvalue weighted by molar-refractivity contribution is 7.79. The highest BCUT2D eigenvalue weighted by atomic mass is 32.1. The highest BCUT2D eigenvalue weighted by Crippen LogP contribution is 2.45. The second kappa shape index (κ2) is 25.0. The summed E-state index contributed by atoms with van der Waals surface area (Å²) in [5.41, 5.74) is 27.1. The van der Waals surface area contributed by atoms with Gasteiger partial charge in [0.25, 0.3) is 0 Å². The van der Waals surface area contributed by atoms with Crippen LogP contribution in [0.2, 0.25) is 0 Å². The first-order valence-electron chi connectivity index (χ1n) is 26.8. The fraction of sp³-hybridized carbons (Fsp3) is 0.484. The quantitative estimate of drug-likeness (QED) is 0.0368.